The lowest BCUT2D eigenvalue weighted by atomic mass is 9.92. The van der Waals surface area contributed by atoms with Gasteiger partial charge in [0, 0.05) is 24.0 Å². The minimum atomic E-state index is 0.539. The molecule has 3 rings (SSSR count). The molecule has 0 bridgehead atoms. The van der Waals surface area contributed by atoms with E-state index in [1.54, 1.807) is 0 Å². The number of fused-ring (bicyclic) bond motifs is 2. The molecule has 0 aromatic carbocycles. The monoisotopic (exact) mass is 196 g/mol. The summed E-state index contributed by atoms with van der Waals surface area (Å²) in [5.41, 5.74) is 3.62. The molecule has 1 aliphatic carbocycles. The molecule has 0 saturated heterocycles. The molecule has 1 aromatic rings. The zero-order valence-electron chi connectivity index (χ0n) is 8.43. The van der Waals surface area contributed by atoms with Gasteiger partial charge in [0.15, 0.2) is 0 Å². The second-order valence-electron chi connectivity index (χ2n) is 3.96. The summed E-state index contributed by atoms with van der Waals surface area (Å²) in [5, 5.41) is 0. The Bertz CT molecular complexity index is 469. The number of rotatable bonds is 0. The second kappa shape index (κ2) is 3.46. The number of aromatic nitrogens is 1. The van der Waals surface area contributed by atoms with Crippen LogP contribution >= 0.6 is 0 Å². The van der Waals surface area contributed by atoms with Crippen molar-refractivity contribution in [2.75, 3.05) is 0 Å². The van der Waals surface area contributed by atoms with Gasteiger partial charge in [-0.15, -0.1) is 0 Å². The molecule has 2 heteroatoms. The molecule has 1 aliphatic heterocycles. The minimum absolute atomic E-state index is 0.539. The first-order chi connectivity index (χ1) is 7.43. The molecular formula is C13H12N2. The van der Waals surface area contributed by atoms with Crippen LogP contribution in [0.1, 0.15) is 17.7 Å². The Morgan fingerprint density at radius 1 is 1.27 bits per heavy atom. The summed E-state index contributed by atoms with van der Waals surface area (Å²) in [5.74, 6) is 0.539. The first kappa shape index (κ1) is 8.60. The van der Waals surface area contributed by atoms with Gasteiger partial charge in [-0.25, -0.2) is 0 Å². The van der Waals surface area contributed by atoms with E-state index in [0.717, 1.165) is 18.5 Å². The summed E-state index contributed by atoms with van der Waals surface area (Å²) >= 11 is 0. The molecule has 0 saturated carbocycles. The summed E-state index contributed by atoms with van der Waals surface area (Å²) in [6.45, 7) is 0. The van der Waals surface area contributed by atoms with Crippen molar-refractivity contribution in [3.05, 3.63) is 47.9 Å². The maximum Gasteiger partial charge on any atom is 0.0662 e. The van der Waals surface area contributed by atoms with E-state index in [4.69, 9.17) is 0 Å². The fourth-order valence-corrected chi connectivity index (χ4v) is 2.16. The molecule has 0 spiro atoms. The van der Waals surface area contributed by atoms with E-state index in [-0.39, 0.29) is 0 Å². The van der Waals surface area contributed by atoms with Crippen LogP contribution in [0.3, 0.4) is 0 Å². The predicted octanol–water partition coefficient (Wildman–Crippen LogP) is 2.63. The van der Waals surface area contributed by atoms with E-state index in [0.29, 0.717) is 5.92 Å². The van der Waals surface area contributed by atoms with Gasteiger partial charge in [0.1, 0.15) is 0 Å². The molecule has 2 aliphatic rings. The highest BCUT2D eigenvalue weighted by molar-refractivity contribution is 6.01. The molecule has 2 heterocycles. The van der Waals surface area contributed by atoms with E-state index >= 15 is 0 Å². The van der Waals surface area contributed by atoms with Gasteiger partial charge in [-0.1, -0.05) is 12.1 Å². The highest BCUT2D eigenvalue weighted by Gasteiger charge is 2.19. The quantitative estimate of drug-likeness (QED) is 0.626. The van der Waals surface area contributed by atoms with Crippen LogP contribution in [-0.2, 0) is 6.42 Å². The number of aliphatic imine (C=N–C) groups is 1. The fourth-order valence-electron chi connectivity index (χ4n) is 2.16. The topological polar surface area (TPSA) is 25.2 Å². The van der Waals surface area contributed by atoms with Crippen LogP contribution in [0.15, 0.2) is 41.7 Å². The smallest absolute Gasteiger partial charge is 0.0662 e. The maximum atomic E-state index is 4.42. The predicted molar refractivity (Wildman–Crippen MR) is 61.7 cm³/mol. The number of pyridine rings is 1. The Morgan fingerprint density at radius 3 is 3.27 bits per heavy atom. The Balaban J connectivity index is 2.06. The van der Waals surface area contributed by atoms with Gasteiger partial charge in [-0.2, -0.15) is 0 Å². The van der Waals surface area contributed by atoms with E-state index in [1.807, 2.05) is 18.5 Å². The molecule has 1 aromatic heterocycles. The third-order valence-corrected chi connectivity index (χ3v) is 2.97. The van der Waals surface area contributed by atoms with Crippen LogP contribution in [0, 0.1) is 5.92 Å². The summed E-state index contributed by atoms with van der Waals surface area (Å²) in [6.07, 6.45) is 12.2. The van der Waals surface area contributed by atoms with Crippen molar-refractivity contribution in [1.82, 2.24) is 4.98 Å². The van der Waals surface area contributed by atoms with E-state index in [1.165, 1.54) is 11.3 Å². The number of hydrogen-bond donors (Lipinski definition) is 0. The Hall–Kier alpha value is -1.70. The maximum absolute atomic E-state index is 4.42. The summed E-state index contributed by atoms with van der Waals surface area (Å²) < 4.78 is 0. The van der Waals surface area contributed by atoms with Crippen molar-refractivity contribution in [2.45, 2.75) is 12.8 Å². The highest BCUT2D eigenvalue weighted by atomic mass is 14.7. The van der Waals surface area contributed by atoms with Crippen molar-refractivity contribution in [2.24, 2.45) is 10.9 Å². The van der Waals surface area contributed by atoms with Crippen LogP contribution in [-0.4, -0.2) is 10.7 Å². The fraction of sp³-hybridized carbons (Fsp3) is 0.231. The zero-order chi connectivity index (χ0) is 10.1. The first-order valence-corrected chi connectivity index (χ1v) is 5.28. The Kier molecular flexibility index (Phi) is 1.98. The summed E-state index contributed by atoms with van der Waals surface area (Å²) in [4.78, 5) is 8.79. The van der Waals surface area contributed by atoms with Crippen molar-refractivity contribution < 1.29 is 0 Å². The average Bonchev–Trinajstić information content (AvgIpc) is 2.48. The summed E-state index contributed by atoms with van der Waals surface area (Å²) in [6, 6.07) is 4.17. The minimum Gasteiger partial charge on any atom is -0.261 e. The SMILES string of the molecule is C1=CN=C2C=Cc3ncccc3CC2C1. The Morgan fingerprint density at radius 2 is 2.27 bits per heavy atom. The largest absolute Gasteiger partial charge is 0.261 e. The second-order valence-corrected chi connectivity index (χ2v) is 3.96. The average molecular weight is 196 g/mol. The lowest BCUT2D eigenvalue weighted by molar-refractivity contribution is 0.692. The number of hydrogen-bond acceptors (Lipinski definition) is 2. The first-order valence-electron chi connectivity index (χ1n) is 5.28. The van der Waals surface area contributed by atoms with Gasteiger partial charge in [0.2, 0.25) is 0 Å². The molecule has 0 radical (unpaired) electrons. The molecule has 0 amide bonds. The van der Waals surface area contributed by atoms with Crippen LogP contribution in [0.2, 0.25) is 0 Å². The van der Waals surface area contributed by atoms with Crippen molar-refractivity contribution in [1.29, 1.82) is 0 Å². The van der Waals surface area contributed by atoms with Gasteiger partial charge in [-0.05, 0) is 36.6 Å². The third-order valence-electron chi connectivity index (χ3n) is 2.97. The van der Waals surface area contributed by atoms with Crippen LogP contribution in [0.4, 0.5) is 0 Å². The molecule has 2 nitrogen and oxygen atoms in total. The van der Waals surface area contributed by atoms with Gasteiger partial charge in [-0.3, -0.25) is 9.98 Å². The third kappa shape index (κ3) is 1.52. The van der Waals surface area contributed by atoms with Crippen molar-refractivity contribution in [3.63, 3.8) is 0 Å². The molecular weight excluding hydrogens is 184 g/mol. The summed E-state index contributed by atoms with van der Waals surface area (Å²) in [7, 11) is 0. The Labute approximate surface area is 89.1 Å². The van der Waals surface area contributed by atoms with Crippen LogP contribution in [0.25, 0.3) is 6.08 Å². The van der Waals surface area contributed by atoms with E-state index in [9.17, 15) is 0 Å². The van der Waals surface area contributed by atoms with Crippen molar-refractivity contribution >= 4 is 11.8 Å². The molecule has 74 valence electrons. The standard InChI is InChI=1S/C13H12N2/c1-3-10-9-11-4-2-8-15-13(11)6-5-12(10)14-7-1/h1-3,5-8,11H,4,9H2. The van der Waals surface area contributed by atoms with Crippen LogP contribution < -0.4 is 0 Å². The van der Waals surface area contributed by atoms with E-state index in [2.05, 4.69) is 34.3 Å². The normalized spacial score (nSPS) is 22.7. The van der Waals surface area contributed by atoms with Gasteiger partial charge < -0.3 is 0 Å². The molecule has 1 unspecified atom stereocenters. The highest BCUT2D eigenvalue weighted by Crippen LogP contribution is 2.24. The molecule has 15 heavy (non-hydrogen) atoms. The van der Waals surface area contributed by atoms with Crippen molar-refractivity contribution in [3.8, 4) is 0 Å². The lowest BCUT2D eigenvalue weighted by Crippen LogP contribution is -2.15. The van der Waals surface area contributed by atoms with Gasteiger partial charge in [0.25, 0.3) is 0 Å². The molecule has 1 atom stereocenters. The zero-order valence-corrected chi connectivity index (χ0v) is 8.43. The van der Waals surface area contributed by atoms with Crippen LogP contribution in [0.5, 0.6) is 0 Å². The van der Waals surface area contributed by atoms with Gasteiger partial charge in [0.05, 0.1) is 5.69 Å². The number of allylic oxidation sites excluding steroid dienone is 2. The lowest BCUT2D eigenvalue weighted by Gasteiger charge is -2.16. The van der Waals surface area contributed by atoms with E-state index < -0.39 is 0 Å². The molecule has 0 fully saturated rings. The van der Waals surface area contributed by atoms with Gasteiger partial charge >= 0.3 is 0 Å². The molecule has 0 N–H and O–H groups in total. The number of nitrogens with zero attached hydrogens (tertiary/aromatic N) is 2.